The van der Waals surface area contributed by atoms with Crippen molar-refractivity contribution in [2.24, 2.45) is 5.92 Å². The molecule has 5 nitrogen and oxygen atoms in total. The topological polar surface area (TPSA) is 64.6 Å². The maximum atomic E-state index is 12.0. The molecule has 0 radical (unpaired) electrons. The van der Waals surface area contributed by atoms with E-state index >= 15 is 0 Å². The van der Waals surface area contributed by atoms with Gasteiger partial charge < -0.3 is 20.6 Å². The van der Waals surface area contributed by atoms with Crippen LogP contribution in [0.15, 0.2) is 24.3 Å². The predicted molar refractivity (Wildman–Crippen MR) is 87.9 cm³/mol. The van der Waals surface area contributed by atoms with Gasteiger partial charge in [-0.25, -0.2) is 4.79 Å². The van der Waals surface area contributed by atoms with E-state index in [-0.39, 0.29) is 24.6 Å². The SMILES string of the molecule is CCN(C)c1cccc(NC(=O)NC(CCO)C(C)C)c1. The first-order valence-corrected chi connectivity index (χ1v) is 7.47. The first-order chi connectivity index (χ1) is 9.97. The van der Waals surface area contributed by atoms with Crippen LogP contribution in [0.2, 0.25) is 0 Å². The van der Waals surface area contributed by atoms with Gasteiger partial charge in [-0.1, -0.05) is 19.9 Å². The van der Waals surface area contributed by atoms with Crippen LogP contribution in [0.5, 0.6) is 0 Å². The molecule has 0 aromatic heterocycles. The average Bonchev–Trinajstić information content (AvgIpc) is 2.46. The van der Waals surface area contributed by atoms with Gasteiger partial charge in [0.15, 0.2) is 0 Å². The highest BCUT2D eigenvalue weighted by molar-refractivity contribution is 5.90. The molecule has 0 saturated carbocycles. The molecule has 2 amide bonds. The van der Waals surface area contributed by atoms with E-state index in [1.165, 1.54) is 0 Å². The molecule has 0 heterocycles. The van der Waals surface area contributed by atoms with E-state index in [1.54, 1.807) is 0 Å². The minimum atomic E-state index is -0.238. The van der Waals surface area contributed by atoms with Crippen LogP contribution < -0.4 is 15.5 Å². The van der Waals surface area contributed by atoms with Gasteiger partial charge in [0, 0.05) is 37.6 Å². The number of nitrogens with zero attached hydrogens (tertiary/aromatic N) is 1. The van der Waals surface area contributed by atoms with Gasteiger partial charge in [-0.3, -0.25) is 0 Å². The van der Waals surface area contributed by atoms with Crippen molar-refractivity contribution in [2.45, 2.75) is 33.2 Å². The Morgan fingerprint density at radius 3 is 2.67 bits per heavy atom. The maximum Gasteiger partial charge on any atom is 0.319 e. The molecule has 0 aliphatic carbocycles. The van der Waals surface area contributed by atoms with Crippen LogP contribution in [-0.2, 0) is 0 Å². The number of anilines is 2. The fourth-order valence-electron chi connectivity index (χ4n) is 2.05. The van der Waals surface area contributed by atoms with Gasteiger partial charge in [-0.05, 0) is 37.5 Å². The average molecular weight is 293 g/mol. The molecule has 118 valence electrons. The monoisotopic (exact) mass is 293 g/mol. The van der Waals surface area contributed by atoms with Crippen molar-refractivity contribution >= 4 is 17.4 Å². The van der Waals surface area contributed by atoms with Gasteiger partial charge >= 0.3 is 6.03 Å². The van der Waals surface area contributed by atoms with E-state index in [2.05, 4.69) is 22.5 Å². The van der Waals surface area contributed by atoms with E-state index in [0.29, 0.717) is 6.42 Å². The largest absolute Gasteiger partial charge is 0.396 e. The fraction of sp³-hybridized carbons (Fsp3) is 0.562. The Kier molecular flexibility index (Phi) is 7.02. The first kappa shape index (κ1) is 17.3. The Morgan fingerprint density at radius 2 is 2.10 bits per heavy atom. The second kappa shape index (κ2) is 8.52. The molecular weight excluding hydrogens is 266 g/mol. The number of hydrogen-bond donors (Lipinski definition) is 3. The molecule has 1 rings (SSSR count). The highest BCUT2D eigenvalue weighted by atomic mass is 16.3. The molecule has 21 heavy (non-hydrogen) atoms. The Bertz CT molecular complexity index is 449. The lowest BCUT2D eigenvalue weighted by molar-refractivity contribution is 0.227. The zero-order valence-electron chi connectivity index (χ0n) is 13.4. The third-order valence-corrected chi connectivity index (χ3v) is 3.58. The van der Waals surface area contributed by atoms with E-state index in [0.717, 1.165) is 17.9 Å². The van der Waals surface area contributed by atoms with Gasteiger partial charge in [0.05, 0.1) is 0 Å². The van der Waals surface area contributed by atoms with Crippen molar-refractivity contribution in [2.75, 3.05) is 30.4 Å². The second-order valence-corrected chi connectivity index (χ2v) is 5.53. The van der Waals surface area contributed by atoms with Crippen LogP contribution in [0.25, 0.3) is 0 Å². The van der Waals surface area contributed by atoms with Crippen LogP contribution in [0, 0.1) is 5.92 Å². The third kappa shape index (κ3) is 5.63. The number of aliphatic hydroxyl groups is 1. The number of benzene rings is 1. The van der Waals surface area contributed by atoms with Crippen molar-refractivity contribution in [3.8, 4) is 0 Å². The lowest BCUT2D eigenvalue weighted by Crippen LogP contribution is -2.41. The number of carbonyl (C=O) groups excluding carboxylic acids is 1. The summed E-state index contributed by atoms with van der Waals surface area (Å²) in [5, 5.41) is 14.8. The molecule has 0 spiro atoms. The standard InChI is InChI=1S/C16H27N3O2/c1-5-19(4)14-8-6-7-13(11-14)17-16(21)18-15(9-10-20)12(2)3/h6-8,11-12,15,20H,5,9-10H2,1-4H3,(H2,17,18,21). The molecule has 1 atom stereocenters. The van der Waals surface area contributed by atoms with Gasteiger partial charge in [0.1, 0.15) is 0 Å². The summed E-state index contributed by atoms with van der Waals surface area (Å²) in [6, 6.07) is 7.47. The summed E-state index contributed by atoms with van der Waals surface area (Å²) in [4.78, 5) is 14.1. The molecule has 0 bridgehead atoms. The van der Waals surface area contributed by atoms with Gasteiger partial charge in [-0.2, -0.15) is 0 Å². The molecule has 0 aliphatic heterocycles. The zero-order valence-corrected chi connectivity index (χ0v) is 13.4. The Hall–Kier alpha value is -1.75. The van der Waals surface area contributed by atoms with E-state index in [4.69, 9.17) is 5.11 Å². The first-order valence-electron chi connectivity index (χ1n) is 7.47. The van der Waals surface area contributed by atoms with Crippen LogP contribution in [-0.4, -0.2) is 37.4 Å². The molecule has 3 N–H and O–H groups in total. The van der Waals surface area contributed by atoms with Crippen molar-refractivity contribution in [1.29, 1.82) is 0 Å². The smallest absolute Gasteiger partial charge is 0.319 e. The minimum absolute atomic E-state index is 0.0310. The Morgan fingerprint density at radius 1 is 1.38 bits per heavy atom. The lowest BCUT2D eigenvalue weighted by atomic mass is 10.0. The number of amides is 2. The molecule has 0 saturated heterocycles. The molecule has 0 fully saturated rings. The molecule has 1 aromatic carbocycles. The Balaban J connectivity index is 2.66. The number of urea groups is 1. The van der Waals surface area contributed by atoms with Crippen LogP contribution in [0.4, 0.5) is 16.2 Å². The summed E-state index contributed by atoms with van der Waals surface area (Å²) in [5.74, 6) is 0.278. The highest BCUT2D eigenvalue weighted by Crippen LogP contribution is 2.18. The normalized spacial score (nSPS) is 12.1. The molecule has 1 unspecified atom stereocenters. The van der Waals surface area contributed by atoms with E-state index in [1.807, 2.05) is 45.2 Å². The van der Waals surface area contributed by atoms with Gasteiger partial charge in [-0.15, -0.1) is 0 Å². The van der Waals surface area contributed by atoms with E-state index < -0.39 is 0 Å². The summed E-state index contributed by atoms with van der Waals surface area (Å²) in [5.41, 5.74) is 1.82. The molecular formula is C16H27N3O2. The summed E-state index contributed by atoms with van der Waals surface area (Å²) >= 11 is 0. The quantitative estimate of drug-likeness (QED) is 0.724. The molecule has 5 heteroatoms. The predicted octanol–water partition coefficient (Wildman–Crippen LogP) is 2.67. The van der Waals surface area contributed by atoms with Crippen molar-refractivity contribution in [1.82, 2.24) is 5.32 Å². The van der Waals surface area contributed by atoms with Crippen molar-refractivity contribution in [3.63, 3.8) is 0 Å². The number of rotatable bonds is 7. The second-order valence-electron chi connectivity index (χ2n) is 5.53. The van der Waals surface area contributed by atoms with E-state index in [9.17, 15) is 4.79 Å². The summed E-state index contributed by atoms with van der Waals surface area (Å²) in [7, 11) is 2.01. The number of aliphatic hydroxyl groups excluding tert-OH is 1. The van der Waals surface area contributed by atoms with Gasteiger partial charge in [0.25, 0.3) is 0 Å². The van der Waals surface area contributed by atoms with Crippen LogP contribution in [0.3, 0.4) is 0 Å². The van der Waals surface area contributed by atoms with Crippen LogP contribution in [0.1, 0.15) is 27.2 Å². The number of hydrogen-bond acceptors (Lipinski definition) is 3. The highest BCUT2D eigenvalue weighted by Gasteiger charge is 2.15. The fourth-order valence-corrected chi connectivity index (χ4v) is 2.05. The van der Waals surface area contributed by atoms with Gasteiger partial charge in [0.2, 0.25) is 0 Å². The maximum absolute atomic E-state index is 12.0. The van der Waals surface area contributed by atoms with Crippen LogP contribution >= 0.6 is 0 Å². The number of carbonyl (C=O) groups is 1. The third-order valence-electron chi connectivity index (χ3n) is 3.58. The van der Waals surface area contributed by atoms with Crippen molar-refractivity contribution in [3.05, 3.63) is 24.3 Å². The zero-order chi connectivity index (χ0) is 15.8. The number of nitrogens with one attached hydrogen (secondary N) is 2. The Labute approximate surface area is 127 Å². The summed E-state index contributed by atoms with van der Waals surface area (Å²) in [6.07, 6.45) is 0.559. The summed E-state index contributed by atoms with van der Waals surface area (Å²) in [6.45, 7) is 7.10. The minimum Gasteiger partial charge on any atom is -0.396 e. The molecule has 1 aromatic rings. The van der Waals surface area contributed by atoms with Crippen molar-refractivity contribution < 1.29 is 9.90 Å². The lowest BCUT2D eigenvalue weighted by Gasteiger charge is -2.22. The summed E-state index contributed by atoms with van der Waals surface area (Å²) < 4.78 is 0. The molecule has 0 aliphatic rings.